The molecule has 1 fully saturated rings. The molecule has 0 spiro atoms. The minimum Gasteiger partial charge on any atom is -0.391 e. The smallest absolute Gasteiger partial charge is 0.244 e. The molecule has 12 heteroatoms. The second-order valence-electron chi connectivity index (χ2n) is 8.74. The summed E-state index contributed by atoms with van der Waals surface area (Å²) in [7, 11) is -4.12. The minimum atomic E-state index is -4.12. The molecule has 1 aliphatic rings. The molecule has 0 radical (unpaired) electrons. The number of carbonyl (C=O) groups is 2. The van der Waals surface area contributed by atoms with Gasteiger partial charge in [0.2, 0.25) is 21.8 Å². The highest BCUT2D eigenvalue weighted by molar-refractivity contribution is 7.89. The van der Waals surface area contributed by atoms with Gasteiger partial charge < -0.3 is 20.7 Å². The molecule has 0 bridgehead atoms. The third kappa shape index (κ3) is 7.00. The van der Waals surface area contributed by atoms with Crippen molar-refractivity contribution in [2.24, 2.45) is 10.8 Å². The Bertz CT molecular complexity index is 1190. The number of hydrazine groups is 1. The van der Waals surface area contributed by atoms with Crippen LogP contribution in [0.5, 0.6) is 0 Å². The lowest BCUT2D eigenvalue weighted by Gasteiger charge is -2.30. The normalized spacial score (nSPS) is 17.9. The molecule has 6 N–H and O–H groups in total. The first-order chi connectivity index (χ1) is 17.2. The number of likely N-dealkylation sites (tertiary alicyclic amines) is 1. The van der Waals surface area contributed by atoms with Crippen LogP contribution in [-0.2, 0) is 19.6 Å². The monoisotopic (exact) mass is 518 g/mol. The minimum absolute atomic E-state index is 0.0121. The number of fused-ring (bicyclic) bond motifs is 1. The molecule has 3 rings (SSSR count). The number of benzene rings is 2. The number of nitrogens with zero attached hydrogens (tertiary/aromatic N) is 2. The van der Waals surface area contributed by atoms with Gasteiger partial charge >= 0.3 is 0 Å². The van der Waals surface area contributed by atoms with Crippen LogP contribution in [-0.4, -0.2) is 74.4 Å². The fourth-order valence-electron chi connectivity index (χ4n) is 4.18. The van der Waals surface area contributed by atoms with E-state index in [1.807, 2.05) is 12.1 Å². The van der Waals surface area contributed by atoms with E-state index in [1.54, 1.807) is 18.2 Å². The van der Waals surface area contributed by atoms with Crippen LogP contribution >= 0.6 is 0 Å². The number of aliphatic imine (C=N–C) groups is 1. The van der Waals surface area contributed by atoms with Crippen molar-refractivity contribution >= 4 is 38.9 Å². The van der Waals surface area contributed by atoms with Crippen molar-refractivity contribution in [3.63, 3.8) is 0 Å². The van der Waals surface area contributed by atoms with E-state index in [0.717, 1.165) is 17.2 Å². The summed E-state index contributed by atoms with van der Waals surface area (Å²) < 4.78 is 28.6. The summed E-state index contributed by atoms with van der Waals surface area (Å²) in [6.45, 7) is 2.65. The quantitative estimate of drug-likeness (QED) is 0.0882. The molecule has 2 aromatic carbocycles. The summed E-state index contributed by atoms with van der Waals surface area (Å²) >= 11 is 0. The van der Waals surface area contributed by atoms with Crippen LogP contribution in [0.25, 0.3) is 10.8 Å². The Morgan fingerprint density at radius 1 is 1.22 bits per heavy atom. The van der Waals surface area contributed by atoms with Gasteiger partial charge in [-0.2, -0.15) is 4.72 Å². The van der Waals surface area contributed by atoms with Gasteiger partial charge in [-0.3, -0.25) is 14.6 Å². The van der Waals surface area contributed by atoms with E-state index in [9.17, 15) is 23.1 Å². The van der Waals surface area contributed by atoms with E-state index in [-0.39, 0.29) is 10.8 Å². The second kappa shape index (κ2) is 12.8. The van der Waals surface area contributed by atoms with E-state index >= 15 is 0 Å². The summed E-state index contributed by atoms with van der Waals surface area (Å²) in [6, 6.07) is 9.84. The van der Waals surface area contributed by atoms with E-state index in [1.165, 1.54) is 30.3 Å². The van der Waals surface area contributed by atoms with E-state index in [2.05, 4.69) is 20.5 Å². The van der Waals surface area contributed by atoms with Gasteiger partial charge in [0.05, 0.1) is 17.3 Å². The number of amides is 2. The Balaban J connectivity index is 1.65. The molecular formula is C24H34N6O5S. The summed E-state index contributed by atoms with van der Waals surface area (Å²) in [5.74, 6) is 4.17. The van der Waals surface area contributed by atoms with Crippen molar-refractivity contribution in [1.29, 1.82) is 0 Å². The van der Waals surface area contributed by atoms with E-state index in [4.69, 9.17) is 5.84 Å². The zero-order valence-corrected chi connectivity index (χ0v) is 21.1. The molecule has 11 nitrogen and oxygen atoms in total. The predicted molar refractivity (Wildman–Crippen MR) is 137 cm³/mol. The standard InChI is InChI=1S/C24H34N6O5S/c1-17(31)22(29-36(34,35)20-11-10-18-7-2-3-8-19(18)15-20)24(33)30-14-6-9-21(30)23(32)27-13-5-4-12-26-16-28-25/h2-3,7-8,10-11,15-17,21-22,29,31H,4-6,9,12-14,25H2,1H3,(H,26,28)(H,27,32)/t17-,21-,22-/m0/s1. The number of aliphatic hydroxyl groups is 1. The van der Waals surface area contributed by atoms with Crippen LogP contribution in [0.15, 0.2) is 52.4 Å². The van der Waals surface area contributed by atoms with Crippen molar-refractivity contribution in [3.05, 3.63) is 42.5 Å². The van der Waals surface area contributed by atoms with Gasteiger partial charge in [0, 0.05) is 19.6 Å². The van der Waals surface area contributed by atoms with Crippen LogP contribution in [0.1, 0.15) is 32.6 Å². The lowest BCUT2D eigenvalue weighted by atomic mass is 10.1. The molecule has 3 atom stereocenters. The number of nitrogens with two attached hydrogens (primary N) is 1. The SMILES string of the molecule is C[C@H](O)[C@H](NS(=O)(=O)c1ccc2ccccc2c1)C(=O)N1CCC[C@H]1C(=O)NCCCCN=CNN. The maximum absolute atomic E-state index is 13.3. The maximum Gasteiger partial charge on any atom is 0.244 e. The zero-order chi connectivity index (χ0) is 26.1. The number of hydrogen-bond acceptors (Lipinski definition) is 7. The Labute approximate surface area is 211 Å². The topological polar surface area (TPSA) is 166 Å². The van der Waals surface area contributed by atoms with Crippen LogP contribution in [0.2, 0.25) is 0 Å². The van der Waals surface area contributed by atoms with Gasteiger partial charge in [0.1, 0.15) is 12.1 Å². The summed E-state index contributed by atoms with van der Waals surface area (Å²) in [6.07, 6.45) is 2.62. The number of hydrogen-bond donors (Lipinski definition) is 5. The van der Waals surface area contributed by atoms with Crippen molar-refractivity contribution in [1.82, 2.24) is 20.4 Å². The first-order valence-corrected chi connectivity index (χ1v) is 13.4. The molecule has 0 unspecified atom stereocenters. The lowest BCUT2D eigenvalue weighted by Crippen LogP contribution is -2.56. The molecule has 1 heterocycles. The molecule has 2 aromatic rings. The van der Waals surface area contributed by atoms with E-state index < -0.39 is 34.1 Å². The van der Waals surface area contributed by atoms with Gasteiger partial charge in [-0.1, -0.05) is 30.3 Å². The number of aliphatic hydroxyl groups excluding tert-OH is 1. The van der Waals surface area contributed by atoms with Gasteiger partial charge in [-0.25, -0.2) is 14.3 Å². The average Bonchev–Trinajstić information content (AvgIpc) is 3.36. The Hall–Kier alpha value is -3.06. The zero-order valence-electron chi connectivity index (χ0n) is 20.3. The molecule has 2 amide bonds. The maximum atomic E-state index is 13.3. The molecule has 0 saturated carbocycles. The largest absolute Gasteiger partial charge is 0.391 e. The molecule has 0 aromatic heterocycles. The fourth-order valence-corrected chi connectivity index (χ4v) is 5.48. The van der Waals surface area contributed by atoms with Crippen LogP contribution in [0.3, 0.4) is 0 Å². The molecule has 1 aliphatic heterocycles. The van der Waals surface area contributed by atoms with Gasteiger partial charge in [0.15, 0.2) is 0 Å². The Kier molecular flexibility index (Phi) is 9.76. The number of sulfonamides is 1. The molecule has 36 heavy (non-hydrogen) atoms. The van der Waals surface area contributed by atoms with Crippen molar-refractivity contribution in [2.75, 3.05) is 19.6 Å². The van der Waals surface area contributed by atoms with Crippen LogP contribution in [0.4, 0.5) is 0 Å². The highest BCUT2D eigenvalue weighted by atomic mass is 32.2. The predicted octanol–water partition coefficient (Wildman–Crippen LogP) is 0.247. The second-order valence-corrected chi connectivity index (χ2v) is 10.5. The molecule has 0 aliphatic carbocycles. The Morgan fingerprint density at radius 3 is 2.69 bits per heavy atom. The first-order valence-electron chi connectivity index (χ1n) is 12.0. The van der Waals surface area contributed by atoms with Crippen molar-refractivity contribution in [3.8, 4) is 0 Å². The van der Waals surface area contributed by atoms with Gasteiger partial charge in [-0.05, 0) is 55.5 Å². The van der Waals surface area contributed by atoms with Crippen molar-refractivity contribution in [2.45, 2.75) is 55.7 Å². The van der Waals surface area contributed by atoms with Gasteiger partial charge in [-0.15, -0.1) is 0 Å². The molecule has 196 valence electrons. The summed E-state index contributed by atoms with van der Waals surface area (Å²) in [5.41, 5.74) is 2.32. The third-order valence-electron chi connectivity index (χ3n) is 6.08. The number of carbonyl (C=O) groups excluding carboxylic acids is 2. The van der Waals surface area contributed by atoms with E-state index in [0.29, 0.717) is 38.9 Å². The van der Waals surface area contributed by atoms with Crippen LogP contribution < -0.4 is 21.3 Å². The lowest BCUT2D eigenvalue weighted by molar-refractivity contribution is -0.141. The number of rotatable bonds is 12. The molecule has 1 saturated heterocycles. The van der Waals surface area contributed by atoms with Crippen LogP contribution in [0, 0.1) is 0 Å². The summed E-state index contributed by atoms with van der Waals surface area (Å²) in [4.78, 5) is 31.4. The average molecular weight is 519 g/mol. The number of unbranched alkanes of at least 4 members (excludes halogenated alkanes) is 1. The number of nitrogens with one attached hydrogen (secondary N) is 3. The highest BCUT2D eigenvalue weighted by Crippen LogP contribution is 2.22. The fraction of sp³-hybridized carbons (Fsp3) is 0.458. The Morgan fingerprint density at radius 2 is 1.97 bits per heavy atom. The van der Waals surface area contributed by atoms with Gasteiger partial charge in [0.25, 0.3) is 0 Å². The molecular weight excluding hydrogens is 484 g/mol. The highest BCUT2D eigenvalue weighted by Gasteiger charge is 2.40. The third-order valence-corrected chi connectivity index (χ3v) is 7.52. The van der Waals surface area contributed by atoms with Crippen molar-refractivity contribution < 1.29 is 23.1 Å². The summed E-state index contributed by atoms with van der Waals surface area (Å²) in [5, 5.41) is 14.8. The first kappa shape index (κ1) is 27.5.